The molecule has 0 aliphatic carbocycles. The lowest BCUT2D eigenvalue weighted by atomic mass is 10.0. The van der Waals surface area contributed by atoms with Gasteiger partial charge in [0, 0.05) is 12.1 Å². The summed E-state index contributed by atoms with van der Waals surface area (Å²) in [5.41, 5.74) is 1.30. The van der Waals surface area contributed by atoms with E-state index in [0.29, 0.717) is 17.8 Å². The van der Waals surface area contributed by atoms with Gasteiger partial charge in [0.2, 0.25) is 0 Å². The van der Waals surface area contributed by atoms with Crippen LogP contribution in [0.5, 0.6) is 5.75 Å². The van der Waals surface area contributed by atoms with Crippen LogP contribution in [0.4, 0.5) is 0 Å². The number of unbranched alkanes of at least 4 members (excludes halogenated alkanes) is 4. The van der Waals surface area contributed by atoms with Crippen LogP contribution in [0.2, 0.25) is 0 Å². The molecule has 0 radical (unpaired) electrons. The normalized spacial score (nSPS) is 14.0. The molecule has 0 spiro atoms. The summed E-state index contributed by atoms with van der Waals surface area (Å²) in [6.07, 6.45) is 10.3. The number of nitrogens with one attached hydrogen (secondary N) is 1. The predicted molar refractivity (Wildman–Crippen MR) is 91.9 cm³/mol. The minimum Gasteiger partial charge on any atom is -0.508 e. The fourth-order valence-corrected chi connectivity index (χ4v) is 2.75. The lowest BCUT2D eigenvalue weighted by Gasteiger charge is -2.20. The maximum Gasteiger partial charge on any atom is 0.115 e. The van der Waals surface area contributed by atoms with Crippen molar-refractivity contribution in [3.8, 4) is 5.75 Å². The molecule has 0 saturated carbocycles. The van der Waals surface area contributed by atoms with Crippen LogP contribution in [0.1, 0.15) is 71.3 Å². The van der Waals surface area contributed by atoms with E-state index in [2.05, 4.69) is 26.1 Å². The smallest absolute Gasteiger partial charge is 0.115 e. The Bertz CT molecular complexity index is 360. The number of hydrogen-bond acceptors (Lipinski definition) is 2. The Morgan fingerprint density at radius 3 is 2.19 bits per heavy atom. The van der Waals surface area contributed by atoms with Gasteiger partial charge in [0.1, 0.15) is 5.75 Å². The van der Waals surface area contributed by atoms with Crippen LogP contribution in [0.25, 0.3) is 0 Å². The van der Waals surface area contributed by atoms with Gasteiger partial charge in [-0.15, -0.1) is 0 Å². The molecule has 21 heavy (non-hydrogen) atoms. The Hall–Kier alpha value is -1.02. The van der Waals surface area contributed by atoms with Crippen molar-refractivity contribution in [3.63, 3.8) is 0 Å². The van der Waals surface area contributed by atoms with Crippen LogP contribution in [-0.4, -0.2) is 17.2 Å². The molecule has 1 rings (SSSR count). The number of hydrogen-bond donors (Lipinski definition) is 2. The summed E-state index contributed by atoms with van der Waals surface area (Å²) in [4.78, 5) is 0. The molecule has 2 atom stereocenters. The Morgan fingerprint density at radius 2 is 1.52 bits per heavy atom. The van der Waals surface area contributed by atoms with Crippen molar-refractivity contribution in [2.24, 2.45) is 0 Å². The molecule has 0 aromatic heterocycles. The molecular weight excluding hydrogens is 258 g/mol. The molecular formula is C19H33NO. The van der Waals surface area contributed by atoms with E-state index >= 15 is 0 Å². The fourth-order valence-electron chi connectivity index (χ4n) is 2.75. The first-order valence-corrected chi connectivity index (χ1v) is 8.65. The maximum absolute atomic E-state index is 9.28. The molecule has 2 unspecified atom stereocenters. The molecule has 2 heteroatoms. The Labute approximate surface area is 131 Å². The highest BCUT2D eigenvalue weighted by Gasteiger charge is 2.07. The van der Waals surface area contributed by atoms with Crippen LogP contribution in [0.15, 0.2) is 24.3 Å². The second kappa shape index (κ2) is 10.7. The van der Waals surface area contributed by atoms with Gasteiger partial charge in [-0.1, -0.05) is 51.2 Å². The van der Waals surface area contributed by atoms with Crippen LogP contribution < -0.4 is 5.32 Å². The van der Waals surface area contributed by atoms with Gasteiger partial charge in [-0.25, -0.2) is 0 Å². The zero-order valence-electron chi connectivity index (χ0n) is 14.1. The molecule has 0 bridgehead atoms. The second-order valence-electron chi connectivity index (χ2n) is 6.38. The van der Waals surface area contributed by atoms with E-state index in [-0.39, 0.29) is 0 Å². The van der Waals surface area contributed by atoms with Crippen LogP contribution >= 0.6 is 0 Å². The van der Waals surface area contributed by atoms with E-state index in [1.807, 2.05) is 12.1 Å². The zero-order chi connectivity index (χ0) is 15.5. The Kier molecular flexibility index (Phi) is 9.16. The molecule has 2 nitrogen and oxygen atoms in total. The van der Waals surface area contributed by atoms with Gasteiger partial charge in [0.15, 0.2) is 0 Å². The summed E-state index contributed by atoms with van der Waals surface area (Å²) in [6.45, 7) is 6.84. The summed E-state index contributed by atoms with van der Waals surface area (Å²) >= 11 is 0. The van der Waals surface area contributed by atoms with Gasteiger partial charge < -0.3 is 10.4 Å². The molecule has 0 heterocycles. The number of benzene rings is 1. The number of aromatic hydroxyl groups is 1. The van der Waals surface area contributed by atoms with Gasteiger partial charge in [0.05, 0.1) is 0 Å². The van der Waals surface area contributed by atoms with Crippen molar-refractivity contribution < 1.29 is 5.11 Å². The first-order valence-electron chi connectivity index (χ1n) is 8.65. The van der Waals surface area contributed by atoms with Crippen molar-refractivity contribution >= 4 is 0 Å². The van der Waals surface area contributed by atoms with E-state index < -0.39 is 0 Å². The van der Waals surface area contributed by atoms with E-state index in [4.69, 9.17) is 0 Å². The van der Waals surface area contributed by atoms with E-state index in [1.165, 1.54) is 44.1 Å². The number of phenols is 1. The van der Waals surface area contributed by atoms with Crippen LogP contribution in [-0.2, 0) is 6.42 Å². The van der Waals surface area contributed by atoms with Crippen molar-refractivity contribution in [2.75, 3.05) is 0 Å². The van der Waals surface area contributed by atoms with E-state index in [0.717, 1.165) is 12.8 Å². The average Bonchev–Trinajstić information content (AvgIpc) is 2.46. The van der Waals surface area contributed by atoms with E-state index in [1.54, 1.807) is 12.1 Å². The van der Waals surface area contributed by atoms with Crippen LogP contribution in [0.3, 0.4) is 0 Å². The van der Waals surface area contributed by atoms with Crippen LogP contribution in [0, 0.1) is 0 Å². The maximum atomic E-state index is 9.28. The van der Waals surface area contributed by atoms with Crippen molar-refractivity contribution in [3.05, 3.63) is 29.8 Å². The highest BCUT2D eigenvalue weighted by atomic mass is 16.3. The fraction of sp³-hybridized carbons (Fsp3) is 0.684. The van der Waals surface area contributed by atoms with Gasteiger partial charge >= 0.3 is 0 Å². The minimum atomic E-state index is 0.349. The quantitative estimate of drug-likeness (QED) is 0.559. The first kappa shape index (κ1) is 18.0. The number of rotatable bonds is 11. The molecule has 0 fully saturated rings. The van der Waals surface area contributed by atoms with Gasteiger partial charge in [-0.05, 0) is 50.8 Å². The molecule has 120 valence electrons. The van der Waals surface area contributed by atoms with E-state index in [9.17, 15) is 5.11 Å². The third-order valence-electron chi connectivity index (χ3n) is 4.11. The third-order valence-corrected chi connectivity index (χ3v) is 4.11. The standard InChI is InChI=1S/C19H33NO/c1-4-5-6-7-8-9-16(2)20-17(3)10-11-18-12-14-19(21)15-13-18/h12-17,20-21H,4-11H2,1-3H3. The predicted octanol–water partition coefficient (Wildman–Crippen LogP) is 5.05. The number of phenolic OH excluding ortho intramolecular Hbond substituents is 1. The SMILES string of the molecule is CCCCCCCC(C)NC(C)CCc1ccc(O)cc1. The first-order chi connectivity index (χ1) is 10.1. The van der Waals surface area contributed by atoms with Gasteiger partial charge in [0.25, 0.3) is 0 Å². The topological polar surface area (TPSA) is 32.3 Å². The molecule has 2 N–H and O–H groups in total. The molecule has 0 aliphatic rings. The highest BCUT2D eigenvalue weighted by molar-refractivity contribution is 5.25. The monoisotopic (exact) mass is 291 g/mol. The highest BCUT2D eigenvalue weighted by Crippen LogP contribution is 2.13. The van der Waals surface area contributed by atoms with Crippen molar-refractivity contribution in [1.82, 2.24) is 5.32 Å². The van der Waals surface area contributed by atoms with Gasteiger partial charge in [-0.2, -0.15) is 0 Å². The molecule has 0 amide bonds. The summed E-state index contributed by atoms with van der Waals surface area (Å²) in [6, 6.07) is 8.72. The number of aryl methyl sites for hydroxylation is 1. The molecule has 1 aromatic rings. The van der Waals surface area contributed by atoms with Crippen molar-refractivity contribution in [2.45, 2.75) is 84.2 Å². The Morgan fingerprint density at radius 1 is 0.905 bits per heavy atom. The average molecular weight is 291 g/mol. The van der Waals surface area contributed by atoms with Gasteiger partial charge in [-0.3, -0.25) is 0 Å². The second-order valence-corrected chi connectivity index (χ2v) is 6.38. The minimum absolute atomic E-state index is 0.349. The lowest BCUT2D eigenvalue weighted by molar-refractivity contribution is 0.414. The summed E-state index contributed by atoms with van der Waals surface area (Å²) in [7, 11) is 0. The summed E-state index contributed by atoms with van der Waals surface area (Å²) in [5, 5.41) is 13.0. The Balaban J connectivity index is 2.11. The molecule has 0 saturated heterocycles. The summed E-state index contributed by atoms with van der Waals surface area (Å²) < 4.78 is 0. The zero-order valence-corrected chi connectivity index (χ0v) is 14.1. The molecule has 0 aliphatic heterocycles. The summed E-state index contributed by atoms with van der Waals surface area (Å²) in [5.74, 6) is 0.349. The van der Waals surface area contributed by atoms with Crippen molar-refractivity contribution in [1.29, 1.82) is 0 Å². The third kappa shape index (κ3) is 8.77. The molecule has 1 aromatic carbocycles. The largest absolute Gasteiger partial charge is 0.508 e. The lowest BCUT2D eigenvalue weighted by Crippen LogP contribution is -2.34.